The molecular formula is C11H12ClNO3S. The summed E-state index contributed by atoms with van der Waals surface area (Å²) in [6, 6.07) is 3.18. The molecule has 4 nitrogen and oxygen atoms in total. The molecule has 6 heteroatoms. The van der Waals surface area contributed by atoms with Crippen molar-refractivity contribution in [1.82, 2.24) is 4.31 Å². The fraction of sp³-hybridized carbons (Fsp3) is 0.455. The van der Waals surface area contributed by atoms with E-state index in [0.29, 0.717) is 17.3 Å². The number of halogens is 1. The Kier molecular flexibility index (Phi) is 2.40. The summed E-state index contributed by atoms with van der Waals surface area (Å²) in [5.74, 6) is 0.426. The zero-order valence-electron chi connectivity index (χ0n) is 9.31. The number of hydrogen-bond acceptors (Lipinski definition) is 3. The van der Waals surface area contributed by atoms with E-state index < -0.39 is 10.0 Å². The monoisotopic (exact) mass is 273 g/mol. The third-order valence-corrected chi connectivity index (χ3v) is 5.54. The van der Waals surface area contributed by atoms with Crippen molar-refractivity contribution >= 4 is 21.6 Å². The molecule has 2 heterocycles. The van der Waals surface area contributed by atoms with E-state index in [-0.39, 0.29) is 11.1 Å². The Morgan fingerprint density at radius 1 is 1.47 bits per heavy atom. The number of rotatable bonds is 0. The summed E-state index contributed by atoms with van der Waals surface area (Å²) in [5, 5.41) is 0.452. The maximum atomic E-state index is 12.3. The van der Waals surface area contributed by atoms with Crippen molar-refractivity contribution in [2.45, 2.75) is 30.9 Å². The lowest BCUT2D eigenvalue weighted by atomic mass is 10.2. The van der Waals surface area contributed by atoms with Crippen molar-refractivity contribution in [2.24, 2.45) is 0 Å². The smallest absolute Gasteiger partial charge is 0.249 e. The van der Waals surface area contributed by atoms with Crippen molar-refractivity contribution in [2.75, 3.05) is 6.54 Å². The van der Waals surface area contributed by atoms with Crippen LogP contribution in [0.2, 0.25) is 5.02 Å². The standard InChI is InChI=1S/C11H12ClNO3S/c1-7-5-9-10(6-8(7)12)17(14,15)13-4-2-3-11(13)16-9/h5-6,11H,2-4H2,1H3. The largest absolute Gasteiger partial charge is 0.473 e. The van der Waals surface area contributed by atoms with Crippen LogP contribution in [0.4, 0.5) is 0 Å². The lowest BCUT2D eigenvalue weighted by Crippen LogP contribution is -2.42. The van der Waals surface area contributed by atoms with Crippen LogP contribution in [-0.4, -0.2) is 25.5 Å². The van der Waals surface area contributed by atoms with Crippen LogP contribution in [0, 0.1) is 6.92 Å². The van der Waals surface area contributed by atoms with Gasteiger partial charge in [0.2, 0.25) is 10.0 Å². The molecule has 3 rings (SSSR count). The lowest BCUT2D eigenvalue weighted by molar-refractivity contribution is 0.105. The van der Waals surface area contributed by atoms with Crippen LogP contribution in [0.25, 0.3) is 0 Å². The predicted octanol–water partition coefficient (Wildman–Crippen LogP) is 2.15. The highest BCUT2D eigenvalue weighted by atomic mass is 35.5. The van der Waals surface area contributed by atoms with Gasteiger partial charge in [-0.05, 0) is 31.0 Å². The molecule has 0 radical (unpaired) electrons. The first-order chi connectivity index (χ1) is 8.00. The maximum Gasteiger partial charge on any atom is 0.249 e. The second kappa shape index (κ2) is 3.60. The second-order valence-corrected chi connectivity index (χ2v) is 6.64. The molecule has 0 amide bonds. The van der Waals surface area contributed by atoms with Gasteiger partial charge in [0, 0.05) is 18.0 Å². The van der Waals surface area contributed by atoms with Crippen LogP contribution in [0.15, 0.2) is 17.0 Å². The molecule has 2 aliphatic heterocycles. The summed E-state index contributed by atoms with van der Waals surface area (Å²) < 4.78 is 31.8. The molecule has 1 atom stereocenters. The summed E-state index contributed by atoms with van der Waals surface area (Å²) in [5.41, 5.74) is 0.826. The predicted molar refractivity (Wildman–Crippen MR) is 63.7 cm³/mol. The van der Waals surface area contributed by atoms with Crippen molar-refractivity contribution in [3.8, 4) is 5.75 Å². The summed E-state index contributed by atoms with van der Waals surface area (Å²) >= 11 is 5.98. The molecule has 1 aromatic rings. The van der Waals surface area contributed by atoms with Gasteiger partial charge >= 0.3 is 0 Å². The number of fused-ring (bicyclic) bond motifs is 2. The molecule has 2 aliphatic rings. The Bertz CT molecular complexity index is 585. The van der Waals surface area contributed by atoms with E-state index >= 15 is 0 Å². The first kappa shape index (κ1) is 11.3. The molecule has 92 valence electrons. The molecule has 0 N–H and O–H groups in total. The van der Waals surface area contributed by atoms with Gasteiger partial charge in [-0.15, -0.1) is 0 Å². The van der Waals surface area contributed by atoms with E-state index in [9.17, 15) is 8.42 Å². The molecule has 1 aromatic carbocycles. The molecule has 0 spiro atoms. The van der Waals surface area contributed by atoms with Gasteiger partial charge in [-0.2, -0.15) is 4.31 Å². The van der Waals surface area contributed by atoms with Gasteiger partial charge in [-0.1, -0.05) is 11.6 Å². The number of aryl methyl sites for hydroxylation is 1. The fourth-order valence-electron chi connectivity index (χ4n) is 2.31. The zero-order chi connectivity index (χ0) is 12.2. The summed E-state index contributed by atoms with van der Waals surface area (Å²) in [6.45, 7) is 2.36. The fourth-order valence-corrected chi connectivity index (χ4v) is 4.24. The Morgan fingerprint density at radius 2 is 2.24 bits per heavy atom. The van der Waals surface area contributed by atoms with Crippen molar-refractivity contribution in [3.05, 3.63) is 22.7 Å². The van der Waals surface area contributed by atoms with E-state index in [1.54, 1.807) is 6.07 Å². The molecule has 0 bridgehead atoms. The first-order valence-corrected chi connectivity index (χ1v) is 7.30. The third-order valence-electron chi connectivity index (χ3n) is 3.23. The Hall–Kier alpha value is -0.780. The number of sulfonamides is 1. The first-order valence-electron chi connectivity index (χ1n) is 5.49. The molecule has 0 saturated carbocycles. The van der Waals surface area contributed by atoms with Crippen LogP contribution in [0.3, 0.4) is 0 Å². The van der Waals surface area contributed by atoms with Crippen molar-refractivity contribution in [3.63, 3.8) is 0 Å². The highest BCUT2D eigenvalue weighted by Gasteiger charge is 2.42. The van der Waals surface area contributed by atoms with E-state index in [2.05, 4.69) is 0 Å². The average Bonchev–Trinajstić information content (AvgIpc) is 2.71. The number of hydrogen-bond donors (Lipinski definition) is 0. The minimum Gasteiger partial charge on any atom is -0.473 e. The van der Waals surface area contributed by atoms with Crippen LogP contribution >= 0.6 is 11.6 Å². The molecule has 17 heavy (non-hydrogen) atoms. The number of benzene rings is 1. The minimum absolute atomic E-state index is 0.186. The normalized spacial score (nSPS) is 26.1. The van der Waals surface area contributed by atoms with E-state index in [4.69, 9.17) is 16.3 Å². The van der Waals surface area contributed by atoms with Gasteiger partial charge in [0.05, 0.1) is 0 Å². The maximum absolute atomic E-state index is 12.3. The van der Waals surface area contributed by atoms with E-state index in [1.165, 1.54) is 10.4 Å². The SMILES string of the molecule is Cc1cc2c(cc1Cl)S(=O)(=O)N1CCCC1O2. The molecular weight excluding hydrogens is 262 g/mol. The molecule has 1 saturated heterocycles. The van der Waals surface area contributed by atoms with Gasteiger partial charge in [-0.3, -0.25) is 0 Å². The van der Waals surface area contributed by atoms with E-state index in [0.717, 1.165) is 18.4 Å². The quantitative estimate of drug-likeness (QED) is 0.728. The number of nitrogens with zero attached hydrogens (tertiary/aromatic N) is 1. The Balaban J connectivity index is 2.23. The van der Waals surface area contributed by atoms with E-state index in [1.807, 2.05) is 6.92 Å². The molecule has 0 aliphatic carbocycles. The van der Waals surface area contributed by atoms with Crippen LogP contribution < -0.4 is 4.74 Å². The average molecular weight is 274 g/mol. The van der Waals surface area contributed by atoms with Crippen LogP contribution in [-0.2, 0) is 10.0 Å². The van der Waals surface area contributed by atoms with Gasteiger partial charge in [0.15, 0.2) is 6.23 Å². The highest BCUT2D eigenvalue weighted by molar-refractivity contribution is 7.89. The van der Waals surface area contributed by atoms with Crippen LogP contribution in [0.5, 0.6) is 5.75 Å². The van der Waals surface area contributed by atoms with Gasteiger partial charge in [0.25, 0.3) is 0 Å². The summed E-state index contributed by atoms with van der Waals surface area (Å²) in [7, 11) is -3.43. The van der Waals surface area contributed by atoms with Gasteiger partial charge in [0.1, 0.15) is 10.6 Å². The topological polar surface area (TPSA) is 46.6 Å². The molecule has 0 aromatic heterocycles. The summed E-state index contributed by atoms with van der Waals surface area (Å²) in [6.07, 6.45) is 1.25. The molecule has 1 unspecified atom stereocenters. The minimum atomic E-state index is -3.43. The Morgan fingerprint density at radius 3 is 3.00 bits per heavy atom. The van der Waals surface area contributed by atoms with Crippen molar-refractivity contribution < 1.29 is 13.2 Å². The van der Waals surface area contributed by atoms with Gasteiger partial charge in [-0.25, -0.2) is 8.42 Å². The number of ether oxygens (including phenoxy) is 1. The summed E-state index contributed by atoms with van der Waals surface area (Å²) in [4.78, 5) is 0.186. The second-order valence-electron chi connectivity index (χ2n) is 4.38. The molecule has 1 fully saturated rings. The van der Waals surface area contributed by atoms with Gasteiger partial charge < -0.3 is 4.74 Å². The highest BCUT2D eigenvalue weighted by Crippen LogP contribution is 2.40. The Labute approximate surface area is 105 Å². The third kappa shape index (κ3) is 1.57. The van der Waals surface area contributed by atoms with Crippen molar-refractivity contribution in [1.29, 1.82) is 0 Å². The van der Waals surface area contributed by atoms with Crippen LogP contribution in [0.1, 0.15) is 18.4 Å². The zero-order valence-corrected chi connectivity index (χ0v) is 10.9. The lowest BCUT2D eigenvalue weighted by Gasteiger charge is -2.31.